The molecule has 0 saturated carbocycles. The van der Waals surface area contributed by atoms with Crippen LogP contribution in [0.1, 0.15) is 33.6 Å². The summed E-state index contributed by atoms with van der Waals surface area (Å²) >= 11 is 0. The number of amides is 1. The Kier molecular flexibility index (Phi) is 7.53. The summed E-state index contributed by atoms with van der Waals surface area (Å²) in [6, 6.07) is 31.3. The highest BCUT2D eigenvalue weighted by Gasteiger charge is 2.59. The Bertz CT molecular complexity index is 1130. The number of nitrogens with one attached hydrogen (secondary N) is 1. The van der Waals surface area contributed by atoms with Gasteiger partial charge in [-0.2, -0.15) is 0 Å². The average molecular weight is 482 g/mol. The molecular formula is C31H35NO2Si. The van der Waals surface area contributed by atoms with E-state index in [2.05, 4.69) is 99.4 Å². The van der Waals surface area contributed by atoms with Crippen LogP contribution in [0.3, 0.4) is 0 Å². The van der Waals surface area contributed by atoms with E-state index in [9.17, 15) is 4.79 Å². The third-order valence-electron chi connectivity index (χ3n) is 6.80. The highest BCUT2D eigenvalue weighted by Crippen LogP contribution is 2.46. The molecule has 1 heterocycles. The number of para-hydroxylation sites is 1. The summed E-state index contributed by atoms with van der Waals surface area (Å²) in [5.41, 5.74) is 0.786. The van der Waals surface area contributed by atoms with Gasteiger partial charge in [0.25, 0.3) is 5.91 Å². The van der Waals surface area contributed by atoms with Gasteiger partial charge in [0, 0.05) is 5.69 Å². The van der Waals surface area contributed by atoms with Crippen molar-refractivity contribution in [3.8, 4) is 0 Å². The van der Waals surface area contributed by atoms with E-state index in [0.717, 1.165) is 18.5 Å². The van der Waals surface area contributed by atoms with Crippen LogP contribution in [-0.4, -0.2) is 26.2 Å². The summed E-state index contributed by atoms with van der Waals surface area (Å²) in [5, 5.41) is 6.91. The second-order valence-electron chi connectivity index (χ2n) is 10.1. The molecule has 0 radical (unpaired) electrons. The maximum atomic E-state index is 13.2. The first-order valence-corrected chi connectivity index (χ1v) is 14.3. The van der Waals surface area contributed by atoms with Gasteiger partial charge < -0.3 is 10.1 Å². The first-order valence-electron chi connectivity index (χ1n) is 12.3. The highest BCUT2D eigenvalue weighted by atomic mass is 28.3. The van der Waals surface area contributed by atoms with Crippen LogP contribution in [-0.2, 0) is 9.53 Å². The van der Waals surface area contributed by atoms with Gasteiger partial charge in [0.05, 0.1) is 0 Å². The van der Waals surface area contributed by atoms with Crippen LogP contribution >= 0.6 is 0 Å². The highest BCUT2D eigenvalue weighted by molar-refractivity contribution is 7.09. The normalized spacial score (nSPS) is 18.1. The van der Waals surface area contributed by atoms with Gasteiger partial charge in [-0.05, 0) is 45.6 Å². The molecule has 4 heteroatoms. The maximum Gasteiger partial charge on any atom is 0.256 e. The first kappa shape index (κ1) is 24.9. The first-order chi connectivity index (χ1) is 16.9. The molecule has 1 aliphatic rings. The Morgan fingerprint density at radius 2 is 1.37 bits per heavy atom. The summed E-state index contributed by atoms with van der Waals surface area (Å²) in [4.78, 5) is 13.2. The fraction of sp³-hybridized carbons (Fsp3) is 0.258. The fourth-order valence-corrected chi connectivity index (χ4v) is 11.4. The Balaban J connectivity index is 1.82. The van der Waals surface area contributed by atoms with Gasteiger partial charge in [0.2, 0.25) is 0 Å². The predicted octanol–water partition coefficient (Wildman–Crippen LogP) is 5.89. The monoisotopic (exact) mass is 481 g/mol. The van der Waals surface area contributed by atoms with Crippen molar-refractivity contribution in [2.45, 2.75) is 50.9 Å². The molecule has 0 unspecified atom stereocenters. The van der Waals surface area contributed by atoms with E-state index in [1.165, 1.54) is 15.6 Å². The van der Waals surface area contributed by atoms with Crippen LogP contribution in [0.25, 0.3) is 0 Å². The molecule has 3 aromatic carbocycles. The summed E-state index contributed by atoms with van der Waals surface area (Å²) in [7, 11) is -2.59. The van der Waals surface area contributed by atoms with Crippen LogP contribution in [0.15, 0.2) is 115 Å². The van der Waals surface area contributed by atoms with Crippen LogP contribution in [0, 0.1) is 0 Å². The zero-order valence-corrected chi connectivity index (χ0v) is 21.9. The van der Waals surface area contributed by atoms with Gasteiger partial charge in [-0.1, -0.05) is 112 Å². The minimum Gasteiger partial charge on any atom is -0.355 e. The third kappa shape index (κ3) is 5.09. The quantitative estimate of drug-likeness (QED) is 0.179. The lowest BCUT2D eigenvalue weighted by Gasteiger charge is -2.46. The number of benzene rings is 3. The van der Waals surface area contributed by atoms with Crippen LogP contribution in [0.4, 0.5) is 5.69 Å². The molecule has 3 aromatic rings. The van der Waals surface area contributed by atoms with Crippen molar-refractivity contribution in [2.75, 3.05) is 5.32 Å². The van der Waals surface area contributed by atoms with Crippen molar-refractivity contribution in [1.29, 1.82) is 0 Å². The number of epoxide rings is 1. The van der Waals surface area contributed by atoms with Crippen molar-refractivity contribution in [1.82, 2.24) is 0 Å². The number of carbonyl (C=O) groups excluding carboxylic acids is 1. The number of anilines is 1. The molecule has 1 fully saturated rings. The molecule has 0 spiro atoms. The predicted molar refractivity (Wildman–Crippen MR) is 149 cm³/mol. The van der Waals surface area contributed by atoms with Crippen molar-refractivity contribution >= 4 is 30.0 Å². The second-order valence-corrected chi connectivity index (χ2v) is 14.8. The van der Waals surface area contributed by atoms with Crippen molar-refractivity contribution in [3.05, 3.63) is 115 Å². The molecule has 1 amide bonds. The molecule has 1 saturated heterocycles. The standard InChI is InChI=1S/C31H35NO2Si/c1-5-6-10-23-27(28-29(34-28)30(33)32-24-17-11-7-12-18-24)35(31(2,3)4,25-19-13-8-14-20-25)26-21-15-9-16-22-26/h5,7-9,11-23,28-29H,1,6,10H2,2-4H3,(H,32,33)/b27-23+/t28-,29+/m1/s1. The molecule has 35 heavy (non-hydrogen) atoms. The molecule has 4 rings (SSSR count). The number of hydrogen-bond donors (Lipinski definition) is 1. The van der Waals surface area contributed by atoms with Gasteiger partial charge in [-0.15, -0.1) is 6.58 Å². The Morgan fingerprint density at radius 1 is 0.857 bits per heavy atom. The number of allylic oxidation sites excluding steroid dienone is 2. The van der Waals surface area contributed by atoms with Gasteiger partial charge in [0.15, 0.2) is 14.2 Å². The third-order valence-corrected chi connectivity index (χ3v) is 12.8. The summed E-state index contributed by atoms with van der Waals surface area (Å²) in [6.45, 7) is 10.9. The largest absolute Gasteiger partial charge is 0.355 e. The van der Waals surface area contributed by atoms with Crippen molar-refractivity contribution < 1.29 is 9.53 Å². The molecule has 0 bridgehead atoms. The lowest BCUT2D eigenvalue weighted by Crippen LogP contribution is -2.67. The Morgan fingerprint density at radius 3 is 1.86 bits per heavy atom. The lowest BCUT2D eigenvalue weighted by atomic mass is 10.2. The Hall–Kier alpha value is -3.21. The zero-order valence-electron chi connectivity index (χ0n) is 20.9. The van der Waals surface area contributed by atoms with E-state index in [0.29, 0.717) is 0 Å². The molecule has 1 N–H and O–H groups in total. The van der Waals surface area contributed by atoms with E-state index in [1.54, 1.807) is 0 Å². The zero-order chi connectivity index (χ0) is 24.9. The van der Waals surface area contributed by atoms with Crippen molar-refractivity contribution in [3.63, 3.8) is 0 Å². The van der Waals surface area contributed by atoms with E-state index in [4.69, 9.17) is 4.74 Å². The minimum atomic E-state index is -2.59. The smallest absolute Gasteiger partial charge is 0.256 e. The van der Waals surface area contributed by atoms with Gasteiger partial charge in [-0.25, -0.2) is 0 Å². The van der Waals surface area contributed by atoms with Crippen molar-refractivity contribution in [2.24, 2.45) is 0 Å². The number of ether oxygens (including phenoxy) is 1. The van der Waals surface area contributed by atoms with E-state index < -0.39 is 14.2 Å². The number of rotatable bonds is 9. The fourth-order valence-electron chi connectivity index (χ4n) is 5.30. The molecular weight excluding hydrogens is 446 g/mol. The van der Waals surface area contributed by atoms with E-state index in [1.807, 2.05) is 36.4 Å². The van der Waals surface area contributed by atoms with Crippen LogP contribution in [0.5, 0.6) is 0 Å². The molecule has 180 valence electrons. The average Bonchev–Trinajstić information content (AvgIpc) is 3.66. The SMILES string of the molecule is C=CCC/C=C(\[C@H]1O[C@@H]1C(=O)Nc1ccccc1)[Si](c1ccccc1)(c1ccccc1)C(C)(C)C. The Labute approximate surface area is 210 Å². The van der Waals surface area contributed by atoms with E-state index in [-0.39, 0.29) is 17.0 Å². The number of hydrogen-bond acceptors (Lipinski definition) is 2. The molecule has 2 atom stereocenters. The molecule has 1 aliphatic heterocycles. The van der Waals surface area contributed by atoms with Crippen LogP contribution < -0.4 is 15.7 Å². The summed E-state index contributed by atoms with van der Waals surface area (Å²) < 4.78 is 6.22. The topological polar surface area (TPSA) is 41.6 Å². The molecule has 0 aromatic heterocycles. The maximum absolute atomic E-state index is 13.2. The van der Waals surface area contributed by atoms with Gasteiger partial charge in [-0.3, -0.25) is 4.79 Å². The second kappa shape index (κ2) is 10.6. The number of carbonyl (C=O) groups is 1. The molecule has 0 aliphatic carbocycles. The van der Waals surface area contributed by atoms with Gasteiger partial charge in [0.1, 0.15) is 6.10 Å². The van der Waals surface area contributed by atoms with E-state index >= 15 is 0 Å². The molecule has 3 nitrogen and oxygen atoms in total. The van der Waals surface area contributed by atoms with Crippen LogP contribution in [0.2, 0.25) is 5.04 Å². The number of unbranched alkanes of at least 4 members (excludes halogenated alkanes) is 1. The summed E-state index contributed by atoms with van der Waals surface area (Å²) in [5.74, 6) is -0.0891. The minimum absolute atomic E-state index is 0.0673. The van der Waals surface area contributed by atoms with Gasteiger partial charge >= 0.3 is 0 Å². The lowest BCUT2D eigenvalue weighted by molar-refractivity contribution is -0.117. The summed E-state index contributed by atoms with van der Waals surface area (Å²) in [6.07, 6.45) is 5.32.